The Labute approximate surface area is 113 Å². The zero-order chi connectivity index (χ0) is 12.5. The van der Waals surface area contributed by atoms with Crippen molar-refractivity contribution in [3.05, 3.63) is 34.9 Å². The first kappa shape index (κ1) is 11.9. The van der Waals surface area contributed by atoms with E-state index in [1.54, 1.807) is 0 Å². The fourth-order valence-electron chi connectivity index (χ4n) is 2.67. The van der Waals surface area contributed by atoms with Crippen molar-refractivity contribution in [1.82, 2.24) is 10.2 Å². The van der Waals surface area contributed by atoms with Gasteiger partial charge in [-0.15, -0.1) is 0 Å². The summed E-state index contributed by atoms with van der Waals surface area (Å²) in [6.45, 7) is 5.24. The highest BCUT2D eigenvalue weighted by molar-refractivity contribution is 6.31. The predicted octanol–water partition coefficient (Wildman–Crippen LogP) is 2.04. The Balaban J connectivity index is 1.97. The first-order valence-electron chi connectivity index (χ1n) is 6.42. The second-order valence-corrected chi connectivity index (χ2v) is 5.30. The Morgan fingerprint density at radius 3 is 2.78 bits per heavy atom. The van der Waals surface area contributed by atoms with Crippen molar-refractivity contribution in [2.75, 3.05) is 44.7 Å². The Hall–Kier alpha value is -1.19. The summed E-state index contributed by atoms with van der Waals surface area (Å²) in [5.41, 5.74) is 3.90. The van der Waals surface area contributed by atoms with Gasteiger partial charge in [-0.25, -0.2) is 0 Å². The molecule has 3 rings (SSSR count). The van der Waals surface area contributed by atoms with Crippen molar-refractivity contribution in [2.45, 2.75) is 0 Å². The number of benzene rings is 1. The van der Waals surface area contributed by atoms with E-state index in [-0.39, 0.29) is 0 Å². The molecule has 1 aromatic rings. The van der Waals surface area contributed by atoms with Crippen LogP contribution in [0, 0.1) is 0 Å². The van der Waals surface area contributed by atoms with E-state index in [4.69, 9.17) is 11.6 Å². The minimum absolute atomic E-state index is 0.808. The lowest BCUT2D eigenvalue weighted by Gasteiger charge is -2.36. The van der Waals surface area contributed by atoms with Crippen molar-refractivity contribution in [3.8, 4) is 0 Å². The quantitative estimate of drug-likeness (QED) is 0.837. The van der Waals surface area contributed by atoms with Crippen LogP contribution >= 0.6 is 11.6 Å². The normalized spacial score (nSPS) is 19.6. The molecule has 1 fully saturated rings. The summed E-state index contributed by atoms with van der Waals surface area (Å²) in [6.07, 6.45) is 2.32. The highest BCUT2D eigenvalue weighted by Gasteiger charge is 2.21. The lowest BCUT2D eigenvalue weighted by atomic mass is 10.0. The molecular formula is C14H18ClN3. The fraction of sp³-hybridized carbons (Fsp3) is 0.429. The molecule has 0 amide bonds. The van der Waals surface area contributed by atoms with Crippen LogP contribution in [-0.2, 0) is 0 Å². The zero-order valence-corrected chi connectivity index (χ0v) is 11.4. The third kappa shape index (κ3) is 2.08. The van der Waals surface area contributed by atoms with Crippen LogP contribution < -0.4 is 10.2 Å². The van der Waals surface area contributed by atoms with E-state index in [1.807, 2.05) is 6.07 Å². The molecule has 18 heavy (non-hydrogen) atoms. The van der Waals surface area contributed by atoms with Gasteiger partial charge in [0.25, 0.3) is 0 Å². The van der Waals surface area contributed by atoms with Gasteiger partial charge in [0.15, 0.2) is 0 Å². The fourth-order valence-corrected chi connectivity index (χ4v) is 2.84. The first-order valence-corrected chi connectivity index (χ1v) is 6.80. The van der Waals surface area contributed by atoms with E-state index < -0.39 is 0 Å². The Morgan fingerprint density at radius 1 is 1.22 bits per heavy atom. The van der Waals surface area contributed by atoms with Crippen LogP contribution in [0.4, 0.5) is 5.69 Å². The van der Waals surface area contributed by atoms with Crippen LogP contribution in [-0.4, -0.2) is 44.7 Å². The lowest BCUT2D eigenvalue weighted by molar-refractivity contribution is 0.340. The molecule has 1 saturated heterocycles. The number of nitrogens with one attached hydrogen (secondary N) is 1. The minimum atomic E-state index is 0.808. The molecule has 3 nitrogen and oxygen atoms in total. The second kappa shape index (κ2) is 4.82. The molecule has 4 heteroatoms. The van der Waals surface area contributed by atoms with Crippen LogP contribution in [0.5, 0.6) is 0 Å². The number of halogens is 1. The van der Waals surface area contributed by atoms with Crippen molar-refractivity contribution in [2.24, 2.45) is 0 Å². The van der Waals surface area contributed by atoms with Crippen LogP contribution in [0.15, 0.2) is 24.3 Å². The summed E-state index contributed by atoms with van der Waals surface area (Å²) in [7, 11) is 2.11. The summed E-state index contributed by atoms with van der Waals surface area (Å²) < 4.78 is 0. The van der Waals surface area contributed by atoms with E-state index in [2.05, 4.69) is 40.4 Å². The maximum Gasteiger partial charge on any atom is 0.0475 e. The maximum atomic E-state index is 6.11. The largest absolute Gasteiger partial charge is 0.370 e. The number of fused-ring (bicyclic) bond motifs is 1. The predicted molar refractivity (Wildman–Crippen MR) is 77.1 cm³/mol. The topological polar surface area (TPSA) is 18.5 Å². The Bertz CT molecular complexity index is 478. The Kier molecular flexibility index (Phi) is 3.18. The number of anilines is 1. The number of piperazine rings is 1. The van der Waals surface area contributed by atoms with E-state index in [0.29, 0.717) is 0 Å². The monoisotopic (exact) mass is 263 g/mol. The molecule has 0 radical (unpaired) electrons. The van der Waals surface area contributed by atoms with Gasteiger partial charge in [-0.1, -0.05) is 11.6 Å². The summed E-state index contributed by atoms with van der Waals surface area (Å²) in [4.78, 5) is 4.71. The van der Waals surface area contributed by atoms with Crippen LogP contribution in [0.25, 0.3) is 5.70 Å². The maximum absolute atomic E-state index is 6.11. The first-order chi connectivity index (χ1) is 8.75. The van der Waals surface area contributed by atoms with Gasteiger partial charge in [0.2, 0.25) is 0 Å². The van der Waals surface area contributed by atoms with E-state index in [9.17, 15) is 0 Å². The van der Waals surface area contributed by atoms with Gasteiger partial charge in [0.1, 0.15) is 0 Å². The second-order valence-electron chi connectivity index (χ2n) is 4.87. The Morgan fingerprint density at radius 2 is 2.00 bits per heavy atom. The van der Waals surface area contributed by atoms with Crippen molar-refractivity contribution in [1.29, 1.82) is 0 Å². The summed E-state index contributed by atoms with van der Waals surface area (Å²) >= 11 is 6.11. The molecule has 96 valence electrons. The van der Waals surface area contributed by atoms with Crippen LogP contribution in [0.2, 0.25) is 5.02 Å². The molecule has 0 spiro atoms. The number of hydrogen-bond donors (Lipinski definition) is 1. The molecule has 0 bridgehead atoms. The van der Waals surface area contributed by atoms with Gasteiger partial charge < -0.3 is 15.1 Å². The van der Waals surface area contributed by atoms with Crippen LogP contribution in [0.3, 0.4) is 0 Å². The molecule has 2 aliphatic heterocycles. The van der Waals surface area contributed by atoms with Gasteiger partial charge in [-0.05, 0) is 24.3 Å². The van der Waals surface area contributed by atoms with E-state index in [1.165, 1.54) is 16.9 Å². The third-order valence-electron chi connectivity index (χ3n) is 3.66. The number of rotatable bonds is 1. The minimum Gasteiger partial charge on any atom is -0.370 e. The summed E-state index contributed by atoms with van der Waals surface area (Å²) in [5.74, 6) is 0. The molecule has 0 atom stereocenters. The highest BCUT2D eigenvalue weighted by atomic mass is 35.5. The molecule has 1 aromatic carbocycles. The summed E-state index contributed by atoms with van der Waals surface area (Å²) in [6, 6.07) is 6.18. The van der Waals surface area contributed by atoms with Gasteiger partial charge >= 0.3 is 0 Å². The number of likely N-dealkylation sites (N-methyl/N-ethyl adjacent to an activating group) is 1. The van der Waals surface area contributed by atoms with Gasteiger partial charge in [0.05, 0.1) is 0 Å². The van der Waals surface area contributed by atoms with E-state index in [0.717, 1.165) is 37.7 Å². The molecule has 0 aromatic heterocycles. The molecule has 2 heterocycles. The highest BCUT2D eigenvalue weighted by Crippen LogP contribution is 2.34. The molecule has 2 aliphatic rings. The average molecular weight is 264 g/mol. The lowest BCUT2D eigenvalue weighted by Crippen LogP contribution is -2.43. The van der Waals surface area contributed by atoms with Crippen molar-refractivity contribution >= 4 is 23.0 Å². The number of nitrogens with zero attached hydrogens (tertiary/aromatic N) is 2. The standard InChI is InChI=1S/C14H18ClN3/c1-17-7-4-13(18-8-5-16-6-9-18)12-3-2-11(15)10-14(12)17/h2-4,10,16H,5-9H2,1H3. The summed E-state index contributed by atoms with van der Waals surface area (Å²) in [5, 5.41) is 4.20. The van der Waals surface area contributed by atoms with Gasteiger partial charge in [0, 0.05) is 61.7 Å². The zero-order valence-electron chi connectivity index (χ0n) is 10.6. The van der Waals surface area contributed by atoms with Crippen molar-refractivity contribution in [3.63, 3.8) is 0 Å². The van der Waals surface area contributed by atoms with Crippen molar-refractivity contribution < 1.29 is 0 Å². The number of hydrogen-bond acceptors (Lipinski definition) is 3. The molecular weight excluding hydrogens is 246 g/mol. The van der Waals surface area contributed by atoms with E-state index >= 15 is 0 Å². The molecule has 0 saturated carbocycles. The smallest absolute Gasteiger partial charge is 0.0475 e. The third-order valence-corrected chi connectivity index (χ3v) is 3.90. The molecule has 1 N–H and O–H groups in total. The van der Waals surface area contributed by atoms with Gasteiger partial charge in [-0.3, -0.25) is 0 Å². The van der Waals surface area contributed by atoms with Gasteiger partial charge in [-0.2, -0.15) is 0 Å². The SMILES string of the molecule is CN1CC=C(N2CCNCC2)c2ccc(Cl)cc21. The molecule has 0 aliphatic carbocycles. The van der Waals surface area contributed by atoms with Crippen LogP contribution in [0.1, 0.15) is 5.56 Å². The average Bonchev–Trinajstić information content (AvgIpc) is 2.41. The molecule has 0 unspecified atom stereocenters.